The second-order valence-corrected chi connectivity index (χ2v) is 5.90. The van der Waals surface area contributed by atoms with Crippen LogP contribution in [0.15, 0.2) is 18.2 Å². The normalized spacial score (nSPS) is 13.9. The molecule has 5 heteroatoms. The van der Waals surface area contributed by atoms with E-state index in [0.717, 1.165) is 31.2 Å². The molecule has 0 spiro atoms. The van der Waals surface area contributed by atoms with Gasteiger partial charge in [-0.1, -0.05) is 13.0 Å². The quantitative estimate of drug-likeness (QED) is 0.718. The number of nitrogens with zero attached hydrogens (tertiary/aromatic N) is 1. The highest BCUT2D eigenvalue weighted by atomic mass is 16.5. The second-order valence-electron chi connectivity index (χ2n) is 5.90. The van der Waals surface area contributed by atoms with Crippen molar-refractivity contribution in [3.8, 4) is 11.5 Å². The van der Waals surface area contributed by atoms with Gasteiger partial charge in [0.2, 0.25) is 5.91 Å². The zero-order valence-electron chi connectivity index (χ0n) is 14.4. The molecule has 1 N–H and O–H groups in total. The minimum Gasteiger partial charge on any atom is -0.493 e. The molecule has 1 aliphatic rings. The molecule has 2 rings (SSSR count). The second kappa shape index (κ2) is 8.77. The molecule has 0 heterocycles. The average Bonchev–Trinajstić information content (AvgIpc) is 3.41. The Kier molecular flexibility index (Phi) is 6.71. The van der Waals surface area contributed by atoms with Gasteiger partial charge in [-0.05, 0) is 43.5 Å². The number of carbonyl (C=O) groups is 1. The number of likely N-dealkylation sites (N-methyl/N-ethyl adjacent to an activating group) is 1. The molecule has 128 valence electrons. The van der Waals surface area contributed by atoms with E-state index >= 15 is 0 Å². The zero-order valence-corrected chi connectivity index (χ0v) is 14.4. The van der Waals surface area contributed by atoms with E-state index < -0.39 is 0 Å². The van der Waals surface area contributed by atoms with Crippen molar-refractivity contribution in [1.29, 1.82) is 0 Å². The van der Waals surface area contributed by atoms with Crippen molar-refractivity contribution >= 4 is 5.91 Å². The third kappa shape index (κ3) is 5.43. The molecular formula is C18H28N2O3. The maximum absolute atomic E-state index is 12.0. The number of methoxy groups -OCH3 is 2. The molecule has 0 saturated heterocycles. The molecule has 0 aliphatic heterocycles. The molecule has 1 fully saturated rings. The van der Waals surface area contributed by atoms with Crippen LogP contribution < -0.4 is 14.8 Å². The first-order chi connectivity index (χ1) is 11.2. The van der Waals surface area contributed by atoms with Crippen molar-refractivity contribution in [2.45, 2.75) is 38.6 Å². The number of nitrogens with one attached hydrogen (secondary N) is 1. The first-order valence-corrected chi connectivity index (χ1v) is 8.39. The van der Waals surface area contributed by atoms with Crippen LogP contribution >= 0.6 is 0 Å². The van der Waals surface area contributed by atoms with E-state index in [1.165, 1.54) is 12.8 Å². The summed E-state index contributed by atoms with van der Waals surface area (Å²) in [5.74, 6) is 1.51. The summed E-state index contributed by atoms with van der Waals surface area (Å²) in [5, 5.41) is 3.01. The van der Waals surface area contributed by atoms with Crippen LogP contribution in [-0.4, -0.2) is 50.7 Å². The Morgan fingerprint density at radius 2 is 2.00 bits per heavy atom. The number of rotatable bonds is 10. The van der Waals surface area contributed by atoms with Gasteiger partial charge in [-0.15, -0.1) is 0 Å². The van der Waals surface area contributed by atoms with Crippen molar-refractivity contribution in [1.82, 2.24) is 10.2 Å². The van der Waals surface area contributed by atoms with E-state index in [1.54, 1.807) is 14.2 Å². The van der Waals surface area contributed by atoms with E-state index in [1.807, 2.05) is 18.2 Å². The van der Waals surface area contributed by atoms with Crippen molar-refractivity contribution in [2.75, 3.05) is 33.9 Å². The molecule has 1 aromatic rings. The van der Waals surface area contributed by atoms with E-state index in [0.29, 0.717) is 24.3 Å². The van der Waals surface area contributed by atoms with Gasteiger partial charge in [-0.25, -0.2) is 0 Å². The van der Waals surface area contributed by atoms with E-state index in [-0.39, 0.29) is 5.91 Å². The Hall–Kier alpha value is -1.75. The summed E-state index contributed by atoms with van der Waals surface area (Å²) in [6.45, 7) is 4.92. The molecule has 5 nitrogen and oxygen atoms in total. The fourth-order valence-corrected chi connectivity index (χ4v) is 2.76. The Morgan fingerprint density at radius 3 is 2.61 bits per heavy atom. The highest BCUT2D eigenvalue weighted by Gasteiger charge is 2.27. The summed E-state index contributed by atoms with van der Waals surface area (Å²) in [5.41, 5.74) is 1.07. The molecule has 1 saturated carbocycles. The Bertz CT molecular complexity index is 515. The number of ether oxygens (including phenoxy) is 2. The van der Waals surface area contributed by atoms with Crippen LogP contribution in [0.4, 0.5) is 0 Å². The van der Waals surface area contributed by atoms with Gasteiger partial charge in [-0.2, -0.15) is 0 Å². The van der Waals surface area contributed by atoms with Crippen LogP contribution in [0.1, 0.15) is 31.7 Å². The number of aryl methyl sites for hydroxylation is 1. The van der Waals surface area contributed by atoms with Gasteiger partial charge in [0.05, 0.1) is 14.2 Å². The topological polar surface area (TPSA) is 50.8 Å². The highest BCUT2D eigenvalue weighted by molar-refractivity contribution is 5.76. The van der Waals surface area contributed by atoms with Crippen molar-refractivity contribution in [2.24, 2.45) is 0 Å². The van der Waals surface area contributed by atoms with Gasteiger partial charge >= 0.3 is 0 Å². The van der Waals surface area contributed by atoms with Crippen LogP contribution in [0, 0.1) is 0 Å². The minimum atomic E-state index is 0.103. The lowest BCUT2D eigenvalue weighted by Crippen LogP contribution is -2.36. The first-order valence-electron chi connectivity index (χ1n) is 8.39. The Balaban J connectivity index is 1.71. The van der Waals surface area contributed by atoms with Gasteiger partial charge in [0.25, 0.3) is 0 Å². The number of carbonyl (C=O) groups excluding carboxylic acids is 1. The fourth-order valence-electron chi connectivity index (χ4n) is 2.76. The molecule has 0 aromatic heterocycles. The number of hydrogen-bond acceptors (Lipinski definition) is 4. The van der Waals surface area contributed by atoms with E-state index in [4.69, 9.17) is 9.47 Å². The lowest BCUT2D eigenvalue weighted by Gasteiger charge is -2.19. The van der Waals surface area contributed by atoms with Gasteiger partial charge < -0.3 is 14.8 Å². The van der Waals surface area contributed by atoms with Gasteiger partial charge in [-0.3, -0.25) is 9.69 Å². The highest BCUT2D eigenvalue weighted by Crippen LogP contribution is 2.28. The van der Waals surface area contributed by atoms with Crippen molar-refractivity contribution < 1.29 is 14.3 Å². The summed E-state index contributed by atoms with van der Waals surface area (Å²) in [4.78, 5) is 14.4. The van der Waals surface area contributed by atoms with Gasteiger partial charge in [0.1, 0.15) is 0 Å². The fraction of sp³-hybridized carbons (Fsp3) is 0.611. The standard InChI is InChI=1S/C18H28N2O3/c1-4-20(15-7-8-15)12-11-19-18(21)10-6-14-5-9-16(22-2)17(13-14)23-3/h5,9,13,15H,4,6-8,10-12H2,1-3H3,(H,19,21). The number of benzene rings is 1. The van der Waals surface area contributed by atoms with Gasteiger partial charge in [0, 0.05) is 25.6 Å². The lowest BCUT2D eigenvalue weighted by molar-refractivity contribution is -0.121. The summed E-state index contributed by atoms with van der Waals surface area (Å²) < 4.78 is 10.5. The van der Waals surface area contributed by atoms with Crippen LogP contribution in [0.5, 0.6) is 11.5 Å². The van der Waals surface area contributed by atoms with E-state index in [9.17, 15) is 4.79 Å². The molecule has 1 amide bonds. The number of amides is 1. The molecule has 23 heavy (non-hydrogen) atoms. The molecular weight excluding hydrogens is 292 g/mol. The van der Waals surface area contributed by atoms with Crippen LogP contribution in [-0.2, 0) is 11.2 Å². The predicted octanol–water partition coefficient (Wildman–Crippen LogP) is 2.24. The zero-order chi connectivity index (χ0) is 16.7. The third-order valence-corrected chi connectivity index (χ3v) is 4.28. The largest absolute Gasteiger partial charge is 0.493 e. The first kappa shape index (κ1) is 17.6. The molecule has 0 radical (unpaired) electrons. The van der Waals surface area contributed by atoms with E-state index in [2.05, 4.69) is 17.1 Å². The summed E-state index contributed by atoms with van der Waals surface area (Å²) >= 11 is 0. The predicted molar refractivity (Wildman–Crippen MR) is 91.1 cm³/mol. The monoisotopic (exact) mass is 320 g/mol. The molecule has 0 atom stereocenters. The molecule has 0 bridgehead atoms. The Labute approximate surface area is 139 Å². The SMILES string of the molecule is CCN(CCNC(=O)CCc1ccc(OC)c(OC)c1)C1CC1. The molecule has 1 aromatic carbocycles. The number of hydrogen-bond donors (Lipinski definition) is 1. The minimum absolute atomic E-state index is 0.103. The maximum Gasteiger partial charge on any atom is 0.220 e. The molecule has 1 aliphatic carbocycles. The summed E-state index contributed by atoms with van der Waals surface area (Å²) in [6.07, 6.45) is 3.81. The summed E-state index contributed by atoms with van der Waals surface area (Å²) in [6, 6.07) is 6.53. The van der Waals surface area contributed by atoms with Crippen LogP contribution in [0.25, 0.3) is 0 Å². The third-order valence-electron chi connectivity index (χ3n) is 4.28. The smallest absolute Gasteiger partial charge is 0.220 e. The molecule has 0 unspecified atom stereocenters. The van der Waals surface area contributed by atoms with Crippen molar-refractivity contribution in [3.05, 3.63) is 23.8 Å². The lowest BCUT2D eigenvalue weighted by atomic mass is 10.1. The van der Waals surface area contributed by atoms with Gasteiger partial charge in [0.15, 0.2) is 11.5 Å². The maximum atomic E-state index is 12.0. The van der Waals surface area contributed by atoms with Crippen molar-refractivity contribution in [3.63, 3.8) is 0 Å². The average molecular weight is 320 g/mol. The summed E-state index contributed by atoms with van der Waals surface area (Å²) in [7, 11) is 3.24. The van der Waals surface area contributed by atoms with Crippen LogP contribution in [0.2, 0.25) is 0 Å². The van der Waals surface area contributed by atoms with Crippen LogP contribution in [0.3, 0.4) is 0 Å². The Morgan fingerprint density at radius 1 is 1.26 bits per heavy atom.